The fourth-order valence-electron chi connectivity index (χ4n) is 3.57. The molecule has 0 saturated heterocycles. The van der Waals surface area contributed by atoms with Gasteiger partial charge in [0.15, 0.2) is 0 Å². The highest BCUT2D eigenvalue weighted by molar-refractivity contribution is 5.72. The van der Waals surface area contributed by atoms with Crippen molar-refractivity contribution in [3.63, 3.8) is 0 Å². The number of rotatable bonds is 8. The molecule has 1 aliphatic rings. The topological polar surface area (TPSA) is 39.2 Å². The van der Waals surface area contributed by atoms with E-state index in [1.165, 1.54) is 44.9 Å². The minimum absolute atomic E-state index is 0.175. The van der Waals surface area contributed by atoms with Crippen LogP contribution in [0.15, 0.2) is 18.3 Å². The summed E-state index contributed by atoms with van der Waals surface area (Å²) in [7, 11) is 0. The van der Waals surface area contributed by atoms with Gasteiger partial charge in [-0.3, -0.25) is 9.78 Å². The van der Waals surface area contributed by atoms with E-state index in [1.54, 1.807) is 6.20 Å². The average Bonchev–Trinajstić information content (AvgIpc) is 2.56. The molecule has 0 unspecified atom stereocenters. The van der Waals surface area contributed by atoms with Crippen molar-refractivity contribution in [1.29, 1.82) is 0 Å². The molecule has 1 aromatic rings. The van der Waals surface area contributed by atoms with Crippen LogP contribution in [-0.2, 0) is 11.2 Å². The van der Waals surface area contributed by atoms with Crippen LogP contribution in [0.2, 0.25) is 0 Å². The maximum atomic E-state index is 11.5. The molecule has 0 aliphatic heterocycles. The zero-order chi connectivity index (χ0) is 16.5. The first-order valence-electron chi connectivity index (χ1n) is 9.36. The molecule has 23 heavy (non-hydrogen) atoms. The van der Waals surface area contributed by atoms with E-state index in [4.69, 9.17) is 4.74 Å². The van der Waals surface area contributed by atoms with E-state index >= 15 is 0 Å². The fourth-order valence-corrected chi connectivity index (χ4v) is 3.57. The Balaban J connectivity index is 1.71. The third kappa shape index (κ3) is 6.32. The van der Waals surface area contributed by atoms with Gasteiger partial charge in [0.2, 0.25) is 0 Å². The highest BCUT2D eigenvalue weighted by atomic mass is 16.5. The number of ether oxygens (including phenoxy) is 1. The first-order chi connectivity index (χ1) is 11.2. The Morgan fingerprint density at radius 3 is 2.35 bits per heavy atom. The molecule has 0 spiro atoms. The summed E-state index contributed by atoms with van der Waals surface area (Å²) in [5.41, 5.74) is 1.11. The van der Waals surface area contributed by atoms with Crippen molar-refractivity contribution >= 4 is 5.97 Å². The zero-order valence-electron chi connectivity index (χ0n) is 14.7. The van der Waals surface area contributed by atoms with Crippen LogP contribution in [-0.4, -0.2) is 11.0 Å². The standard InChI is InChI=1S/C20H31NO2/c1-3-5-16-7-9-17(10-8-16)11-12-18-13-14-19(15-21-18)23-20(22)6-4-2/h13-17H,3-12H2,1-2H3. The van der Waals surface area contributed by atoms with Crippen molar-refractivity contribution in [2.45, 2.75) is 78.1 Å². The van der Waals surface area contributed by atoms with Crippen molar-refractivity contribution in [1.82, 2.24) is 4.98 Å². The molecular weight excluding hydrogens is 286 g/mol. The normalized spacial score (nSPS) is 21.1. The molecule has 2 rings (SSSR count). The molecule has 0 bridgehead atoms. The predicted molar refractivity (Wildman–Crippen MR) is 93.5 cm³/mol. The van der Waals surface area contributed by atoms with E-state index in [-0.39, 0.29) is 5.97 Å². The van der Waals surface area contributed by atoms with E-state index in [2.05, 4.69) is 11.9 Å². The molecule has 1 saturated carbocycles. The summed E-state index contributed by atoms with van der Waals surface area (Å²) >= 11 is 0. The van der Waals surface area contributed by atoms with E-state index in [0.717, 1.165) is 30.4 Å². The lowest BCUT2D eigenvalue weighted by Gasteiger charge is -2.28. The summed E-state index contributed by atoms with van der Waals surface area (Å²) in [6.07, 6.45) is 13.6. The van der Waals surface area contributed by atoms with Crippen molar-refractivity contribution in [2.24, 2.45) is 11.8 Å². The largest absolute Gasteiger partial charge is 0.425 e. The summed E-state index contributed by atoms with van der Waals surface area (Å²) in [5.74, 6) is 2.23. The van der Waals surface area contributed by atoms with Gasteiger partial charge < -0.3 is 4.74 Å². The molecule has 0 amide bonds. The van der Waals surface area contributed by atoms with Gasteiger partial charge in [-0.05, 0) is 43.2 Å². The lowest BCUT2D eigenvalue weighted by molar-refractivity contribution is -0.134. The van der Waals surface area contributed by atoms with E-state index in [0.29, 0.717) is 12.2 Å². The minimum atomic E-state index is -0.175. The van der Waals surface area contributed by atoms with Gasteiger partial charge >= 0.3 is 5.97 Å². The summed E-state index contributed by atoms with van der Waals surface area (Å²) in [6.45, 7) is 4.26. The van der Waals surface area contributed by atoms with E-state index < -0.39 is 0 Å². The summed E-state index contributed by atoms with van der Waals surface area (Å²) in [4.78, 5) is 15.9. The second-order valence-electron chi connectivity index (χ2n) is 6.92. The molecule has 0 radical (unpaired) electrons. The number of aromatic nitrogens is 1. The third-order valence-electron chi connectivity index (χ3n) is 4.96. The monoisotopic (exact) mass is 317 g/mol. The van der Waals surface area contributed by atoms with Gasteiger partial charge in [-0.2, -0.15) is 0 Å². The molecule has 1 fully saturated rings. The first kappa shape index (κ1) is 18.0. The SMILES string of the molecule is CCCC(=O)Oc1ccc(CCC2CCC(CCC)CC2)nc1. The molecule has 3 nitrogen and oxygen atoms in total. The van der Waals surface area contributed by atoms with Gasteiger partial charge in [0.05, 0.1) is 6.20 Å². The van der Waals surface area contributed by atoms with Crippen LogP contribution >= 0.6 is 0 Å². The maximum Gasteiger partial charge on any atom is 0.311 e. The quantitative estimate of drug-likeness (QED) is 0.609. The summed E-state index contributed by atoms with van der Waals surface area (Å²) < 4.78 is 5.24. The lowest BCUT2D eigenvalue weighted by Crippen LogP contribution is -2.15. The van der Waals surface area contributed by atoms with Gasteiger partial charge in [0.25, 0.3) is 0 Å². The smallest absolute Gasteiger partial charge is 0.311 e. The first-order valence-corrected chi connectivity index (χ1v) is 9.36. The van der Waals surface area contributed by atoms with E-state index in [9.17, 15) is 4.79 Å². The molecule has 0 N–H and O–H groups in total. The van der Waals surface area contributed by atoms with Crippen LogP contribution in [0.25, 0.3) is 0 Å². The third-order valence-corrected chi connectivity index (χ3v) is 4.96. The van der Waals surface area contributed by atoms with Crippen molar-refractivity contribution in [3.8, 4) is 5.75 Å². The number of esters is 1. The van der Waals surface area contributed by atoms with Crippen molar-refractivity contribution in [3.05, 3.63) is 24.0 Å². The molecule has 0 atom stereocenters. The molecule has 1 aliphatic carbocycles. The van der Waals surface area contributed by atoms with Crippen LogP contribution < -0.4 is 4.74 Å². The Morgan fingerprint density at radius 2 is 1.78 bits per heavy atom. The lowest BCUT2D eigenvalue weighted by atomic mass is 9.78. The van der Waals surface area contributed by atoms with E-state index in [1.807, 2.05) is 19.1 Å². The van der Waals surface area contributed by atoms with Crippen LogP contribution in [0.1, 0.15) is 77.3 Å². The highest BCUT2D eigenvalue weighted by Crippen LogP contribution is 2.33. The number of carbonyl (C=O) groups excluding carboxylic acids is 1. The number of hydrogen-bond donors (Lipinski definition) is 0. The van der Waals surface area contributed by atoms with Crippen molar-refractivity contribution in [2.75, 3.05) is 0 Å². The number of carbonyl (C=O) groups is 1. The second kappa shape index (κ2) is 9.69. The van der Waals surface area contributed by atoms with Gasteiger partial charge in [-0.15, -0.1) is 0 Å². The van der Waals surface area contributed by atoms with Gasteiger partial charge in [0.1, 0.15) is 5.75 Å². The Morgan fingerprint density at radius 1 is 1.09 bits per heavy atom. The number of aryl methyl sites for hydroxylation is 1. The summed E-state index contributed by atoms with van der Waals surface area (Å²) in [6, 6.07) is 3.87. The molecule has 128 valence electrons. The van der Waals surface area contributed by atoms with Crippen LogP contribution in [0.5, 0.6) is 5.75 Å². The number of pyridine rings is 1. The zero-order valence-corrected chi connectivity index (χ0v) is 14.7. The maximum absolute atomic E-state index is 11.5. The highest BCUT2D eigenvalue weighted by Gasteiger charge is 2.20. The Labute approximate surface area is 140 Å². The Hall–Kier alpha value is -1.38. The van der Waals surface area contributed by atoms with Crippen molar-refractivity contribution < 1.29 is 9.53 Å². The molecule has 1 heterocycles. The molecule has 1 aromatic heterocycles. The predicted octanol–water partition coefficient (Wildman–Crippen LogP) is 5.33. The molecule has 3 heteroatoms. The fraction of sp³-hybridized carbons (Fsp3) is 0.700. The Kier molecular flexibility index (Phi) is 7.57. The molecular formula is C20H31NO2. The van der Waals surface area contributed by atoms with Crippen LogP contribution in [0.3, 0.4) is 0 Å². The van der Waals surface area contributed by atoms with Gasteiger partial charge in [-0.25, -0.2) is 0 Å². The number of hydrogen-bond acceptors (Lipinski definition) is 3. The minimum Gasteiger partial charge on any atom is -0.425 e. The average molecular weight is 317 g/mol. The van der Waals surface area contributed by atoms with Gasteiger partial charge in [0, 0.05) is 12.1 Å². The number of nitrogens with zero attached hydrogens (tertiary/aromatic N) is 1. The van der Waals surface area contributed by atoms with Crippen LogP contribution in [0, 0.1) is 11.8 Å². The van der Waals surface area contributed by atoms with Gasteiger partial charge in [-0.1, -0.05) is 52.4 Å². The molecule has 0 aromatic carbocycles. The van der Waals surface area contributed by atoms with Crippen LogP contribution in [0.4, 0.5) is 0 Å². The second-order valence-corrected chi connectivity index (χ2v) is 6.92. The Bertz CT molecular complexity index is 461. The summed E-state index contributed by atoms with van der Waals surface area (Å²) in [5, 5.41) is 0.